The predicted octanol–water partition coefficient (Wildman–Crippen LogP) is 3.01. The number of methoxy groups -OCH3 is 1. The lowest BCUT2D eigenvalue weighted by Gasteiger charge is -2.13. The summed E-state index contributed by atoms with van der Waals surface area (Å²) in [5.74, 6) is 1.33. The lowest BCUT2D eigenvalue weighted by atomic mass is 10.3. The van der Waals surface area contributed by atoms with Crippen molar-refractivity contribution in [3.63, 3.8) is 0 Å². The summed E-state index contributed by atoms with van der Waals surface area (Å²) < 4.78 is 19.1. The number of hydrogen-bond acceptors (Lipinski definition) is 5. The zero-order valence-corrected chi connectivity index (χ0v) is 12.5. The van der Waals surface area contributed by atoms with Gasteiger partial charge in [0, 0.05) is 10.6 Å². The highest BCUT2D eigenvalue weighted by molar-refractivity contribution is 14.1. The number of anilines is 3. The van der Waals surface area contributed by atoms with E-state index in [0.717, 1.165) is 9.26 Å². The summed E-state index contributed by atoms with van der Waals surface area (Å²) in [4.78, 5) is 8.19. The summed E-state index contributed by atoms with van der Waals surface area (Å²) in [5.41, 5.74) is 0.751. The molecule has 0 radical (unpaired) electrons. The van der Waals surface area contributed by atoms with Crippen molar-refractivity contribution in [3.8, 4) is 5.75 Å². The molecule has 2 N–H and O–H groups in total. The minimum Gasteiger partial charge on any atom is -0.490 e. The second-order valence-corrected chi connectivity index (χ2v) is 4.77. The Morgan fingerprint density at radius 2 is 2.00 bits per heavy atom. The third-order valence-corrected chi connectivity index (χ3v) is 3.32. The number of aromatic nitrogens is 2. The highest BCUT2D eigenvalue weighted by Crippen LogP contribution is 2.32. The van der Waals surface area contributed by atoms with Gasteiger partial charge in [0.25, 0.3) is 0 Å². The number of nitrogens with one attached hydrogen (secondary N) is 2. The maximum atomic E-state index is 13.1. The van der Waals surface area contributed by atoms with Crippen LogP contribution in [0.1, 0.15) is 0 Å². The lowest BCUT2D eigenvalue weighted by molar-refractivity contribution is 0.415. The van der Waals surface area contributed by atoms with E-state index in [-0.39, 0.29) is 5.82 Å². The van der Waals surface area contributed by atoms with E-state index in [4.69, 9.17) is 4.74 Å². The molecule has 1 heterocycles. The Morgan fingerprint density at radius 1 is 1.26 bits per heavy atom. The molecule has 2 aromatic rings. The van der Waals surface area contributed by atoms with Gasteiger partial charge in [-0.05, 0) is 40.8 Å². The Morgan fingerprint density at radius 3 is 2.63 bits per heavy atom. The van der Waals surface area contributed by atoms with Crippen LogP contribution < -0.4 is 15.4 Å². The number of ether oxygens (including phenoxy) is 1. The first-order chi connectivity index (χ1) is 9.15. The van der Waals surface area contributed by atoms with E-state index in [1.165, 1.54) is 18.5 Å². The summed E-state index contributed by atoms with van der Waals surface area (Å²) in [6.45, 7) is 0. The molecule has 0 aliphatic heterocycles. The van der Waals surface area contributed by atoms with Gasteiger partial charge in [-0.1, -0.05) is 0 Å². The fourth-order valence-electron chi connectivity index (χ4n) is 1.55. The third kappa shape index (κ3) is 3.03. The zero-order valence-electron chi connectivity index (χ0n) is 10.4. The van der Waals surface area contributed by atoms with Gasteiger partial charge >= 0.3 is 0 Å². The Kier molecular flexibility index (Phi) is 4.35. The van der Waals surface area contributed by atoms with Gasteiger partial charge in [0.2, 0.25) is 5.75 Å². The minimum absolute atomic E-state index is 0.277. The average molecular weight is 374 g/mol. The number of nitrogens with zero attached hydrogens (tertiary/aromatic N) is 2. The Hall–Kier alpha value is -1.64. The summed E-state index contributed by atoms with van der Waals surface area (Å²) in [6.07, 6.45) is 1.42. The molecule has 7 heteroatoms. The molecule has 0 atom stereocenters. The smallest absolute Gasteiger partial charge is 0.204 e. The van der Waals surface area contributed by atoms with Crippen LogP contribution in [0.25, 0.3) is 0 Å². The van der Waals surface area contributed by atoms with Crippen LogP contribution in [0.4, 0.5) is 21.7 Å². The maximum absolute atomic E-state index is 13.1. The van der Waals surface area contributed by atoms with Gasteiger partial charge in [-0.15, -0.1) is 0 Å². The van der Waals surface area contributed by atoms with Crippen LogP contribution >= 0.6 is 22.6 Å². The van der Waals surface area contributed by atoms with Crippen molar-refractivity contribution in [3.05, 3.63) is 33.9 Å². The predicted molar refractivity (Wildman–Crippen MR) is 80.5 cm³/mol. The summed E-state index contributed by atoms with van der Waals surface area (Å²) in [7, 11) is 3.29. The first-order valence-corrected chi connectivity index (χ1v) is 6.52. The van der Waals surface area contributed by atoms with Crippen LogP contribution in [0.3, 0.4) is 0 Å². The molecule has 0 fully saturated rings. The molecule has 1 aromatic carbocycles. The van der Waals surface area contributed by atoms with E-state index in [2.05, 4.69) is 43.2 Å². The standard InChI is InChI=1S/C12H12FIN4O/c1-15-11-10(19-2)12(17-6-16-11)18-9-4-3-7(13)5-8(9)14/h3-6H,1-2H3,(H2,15,16,17,18). The molecule has 0 aliphatic carbocycles. The van der Waals surface area contributed by atoms with Gasteiger partial charge in [-0.3, -0.25) is 0 Å². The molecule has 2 rings (SSSR count). The fraction of sp³-hybridized carbons (Fsp3) is 0.167. The van der Waals surface area contributed by atoms with Gasteiger partial charge in [-0.25, -0.2) is 14.4 Å². The Bertz CT molecular complexity index is 594. The third-order valence-electron chi connectivity index (χ3n) is 2.43. The van der Waals surface area contributed by atoms with E-state index in [9.17, 15) is 4.39 Å². The van der Waals surface area contributed by atoms with E-state index >= 15 is 0 Å². The average Bonchev–Trinajstić information content (AvgIpc) is 2.41. The SMILES string of the molecule is CNc1ncnc(Nc2ccc(F)cc2I)c1OC. The molecule has 100 valence electrons. The molecule has 1 aromatic heterocycles. The molecule has 19 heavy (non-hydrogen) atoms. The number of rotatable bonds is 4. The fourth-order valence-corrected chi connectivity index (χ4v) is 2.16. The van der Waals surface area contributed by atoms with Crippen LogP contribution in [0, 0.1) is 9.39 Å². The lowest BCUT2D eigenvalue weighted by Crippen LogP contribution is -2.04. The van der Waals surface area contributed by atoms with E-state index in [0.29, 0.717) is 17.4 Å². The van der Waals surface area contributed by atoms with Gasteiger partial charge in [0.05, 0.1) is 12.8 Å². The largest absolute Gasteiger partial charge is 0.490 e. The molecule has 5 nitrogen and oxygen atoms in total. The van der Waals surface area contributed by atoms with Crippen LogP contribution in [0.15, 0.2) is 24.5 Å². The van der Waals surface area contributed by atoms with Crippen molar-refractivity contribution in [1.29, 1.82) is 0 Å². The first kappa shape index (κ1) is 13.8. The highest BCUT2D eigenvalue weighted by Gasteiger charge is 2.12. The highest BCUT2D eigenvalue weighted by atomic mass is 127. The zero-order chi connectivity index (χ0) is 13.8. The van der Waals surface area contributed by atoms with Crippen molar-refractivity contribution in [2.75, 3.05) is 24.8 Å². The second kappa shape index (κ2) is 6.00. The monoisotopic (exact) mass is 374 g/mol. The quantitative estimate of drug-likeness (QED) is 0.806. The molecular weight excluding hydrogens is 362 g/mol. The number of halogens is 2. The second-order valence-electron chi connectivity index (χ2n) is 3.60. The Labute approximate surface area is 123 Å². The number of hydrogen-bond donors (Lipinski definition) is 2. The van der Waals surface area contributed by atoms with Crippen molar-refractivity contribution < 1.29 is 9.13 Å². The van der Waals surface area contributed by atoms with Crippen LogP contribution in [-0.2, 0) is 0 Å². The van der Waals surface area contributed by atoms with E-state index in [1.54, 1.807) is 20.2 Å². The van der Waals surface area contributed by atoms with Crippen LogP contribution in [0.5, 0.6) is 5.75 Å². The van der Waals surface area contributed by atoms with E-state index < -0.39 is 0 Å². The first-order valence-electron chi connectivity index (χ1n) is 5.44. The molecule has 0 unspecified atom stereocenters. The summed E-state index contributed by atoms with van der Waals surface area (Å²) in [5, 5.41) is 6.02. The van der Waals surface area contributed by atoms with Crippen molar-refractivity contribution in [1.82, 2.24) is 9.97 Å². The van der Waals surface area contributed by atoms with Gasteiger partial charge in [-0.2, -0.15) is 0 Å². The minimum atomic E-state index is -0.277. The van der Waals surface area contributed by atoms with Crippen LogP contribution in [0.2, 0.25) is 0 Å². The Balaban J connectivity index is 2.37. The topological polar surface area (TPSA) is 59.1 Å². The van der Waals surface area contributed by atoms with Crippen LogP contribution in [-0.4, -0.2) is 24.1 Å². The molecule has 0 bridgehead atoms. The normalized spacial score (nSPS) is 10.1. The van der Waals surface area contributed by atoms with Crippen molar-refractivity contribution in [2.45, 2.75) is 0 Å². The van der Waals surface area contributed by atoms with Gasteiger partial charge < -0.3 is 15.4 Å². The molecule has 0 saturated carbocycles. The number of benzene rings is 1. The summed E-state index contributed by atoms with van der Waals surface area (Å²) >= 11 is 2.05. The molecule has 0 saturated heterocycles. The van der Waals surface area contributed by atoms with Gasteiger partial charge in [0.1, 0.15) is 12.1 Å². The summed E-state index contributed by atoms with van der Waals surface area (Å²) in [6, 6.07) is 4.48. The molecular formula is C12H12FIN4O. The van der Waals surface area contributed by atoms with Gasteiger partial charge in [0.15, 0.2) is 11.6 Å². The molecule has 0 amide bonds. The van der Waals surface area contributed by atoms with E-state index in [1.807, 2.05) is 0 Å². The molecule has 0 spiro atoms. The molecule has 0 aliphatic rings. The van der Waals surface area contributed by atoms with Crippen molar-refractivity contribution >= 4 is 39.9 Å². The van der Waals surface area contributed by atoms with Crippen molar-refractivity contribution in [2.24, 2.45) is 0 Å². The maximum Gasteiger partial charge on any atom is 0.204 e.